The Morgan fingerprint density at radius 1 is 1.18 bits per heavy atom. The molecule has 1 aromatic heterocycles. The van der Waals surface area contributed by atoms with Gasteiger partial charge < -0.3 is 4.74 Å². The van der Waals surface area contributed by atoms with E-state index >= 15 is 0 Å². The second-order valence-corrected chi connectivity index (χ2v) is 6.68. The van der Waals surface area contributed by atoms with Crippen molar-refractivity contribution in [2.45, 2.75) is 0 Å². The molecule has 0 aliphatic rings. The highest BCUT2D eigenvalue weighted by Gasteiger charge is 2.20. The van der Waals surface area contributed by atoms with Crippen LogP contribution in [0.4, 0.5) is 16.5 Å². The molecule has 0 aliphatic heterocycles. The Morgan fingerprint density at radius 2 is 1.82 bits per heavy atom. The van der Waals surface area contributed by atoms with E-state index in [-0.39, 0.29) is 10.7 Å². The number of hydrazine groups is 1. The zero-order valence-corrected chi connectivity index (χ0v) is 15.5. The molecule has 0 bridgehead atoms. The zero-order chi connectivity index (χ0) is 20.4. The maximum absolute atomic E-state index is 12.3. The summed E-state index contributed by atoms with van der Waals surface area (Å²) in [7, 11) is 1.48. The lowest BCUT2D eigenvalue weighted by atomic mass is 10.1. The number of hydrogen-bond donors (Lipinski definition) is 2. The zero-order valence-electron chi connectivity index (χ0n) is 14.0. The number of fused-ring (bicyclic) bond motifs is 1. The molecule has 0 saturated heterocycles. The van der Waals surface area contributed by atoms with Crippen LogP contribution in [0.1, 0.15) is 10.4 Å². The van der Waals surface area contributed by atoms with Crippen LogP contribution in [0.2, 0.25) is 5.02 Å². The Labute approximate surface area is 165 Å². The van der Waals surface area contributed by atoms with Crippen molar-refractivity contribution in [3.8, 4) is 5.75 Å². The summed E-state index contributed by atoms with van der Waals surface area (Å²) in [6, 6.07) is 5.93. The number of nitrogens with zero attached hydrogens (tertiary/aromatic N) is 3. The van der Waals surface area contributed by atoms with Gasteiger partial charge in [0, 0.05) is 12.1 Å². The number of methoxy groups -OCH3 is 1. The van der Waals surface area contributed by atoms with Crippen LogP contribution in [0, 0.1) is 20.2 Å². The largest absolute Gasteiger partial charge is 0.494 e. The van der Waals surface area contributed by atoms with Crippen LogP contribution >= 0.6 is 22.9 Å². The van der Waals surface area contributed by atoms with E-state index < -0.39 is 27.1 Å². The molecule has 2 aromatic carbocycles. The number of thiazole rings is 1. The number of anilines is 1. The number of halogens is 1. The highest BCUT2D eigenvalue weighted by molar-refractivity contribution is 7.22. The van der Waals surface area contributed by atoms with Gasteiger partial charge in [-0.05, 0) is 12.1 Å². The van der Waals surface area contributed by atoms with Crippen LogP contribution in [-0.4, -0.2) is 27.8 Å². The molecule has 3 rings (SSSR count). The lowest BCUT2D eigenvalue weighted by Crippen LogP contribution is -2.29. The van der Waals surface area contributed by atoms with E-state index in [4.69, 9.17) is 16.3 Å². The lowest BCUT2D eigenvalue weighted by molar-refractivity contribution is -0.394. The summed E-state index contributed by atoms with van der Waals surface area (Å²) >= 11 is 7.27. The van der Waals surface area contributed by atoms with E-state index in [0.29, 0.717) is 21.0 Å². The van der Waals surface area contributed by atoms with Gasteiger partial charge in [-0.2, -0.15) is 0 Å². The molecular formula is C15H10ClN5O6S. The highest BCUT2D eigenvalue weighted by Crippen LogP contribution is 2.37. The van der Waals surface area contributed by atoms with E-state index in [9.17, 15) is 25.0 Å². The first-order valence-corrected chi connectivity index (χ1v) is 8.63. The number of carbonyl (C=O) groups excluding carboxylic acids is 1. The molecule has 0 saturated carbocycles. The summed E-state index contributed by atoms with van der Waals surface area (Å²) in [5.41, 5.74) is 3.94. The Bertz CT molecular complexity index is 1090. The first-order chi connectivity index (χ1) is 13.3. The van der Waals surface area contributed by atoms with E-state index in [0.717, 1.165) is 29.5 Å². The van der Waals surface area contributed by atoms with Gasteiger partial charge in [0.2, 0.25) is 5.13 Å². The van der Waals surface area contributed by atoms with Crippen molar-refractivity contribution in [1.82, 2.24) is 10.4 Å². The fraction of sp³-hybridized carbons (Fsp3) is 0.0667. The van der Waals surface area contributed by atoms with Crippen LogP contribution in [0.5, 0.6) is 5.75 Å². The number of nitrogens with one attached hydrogen (secondary N) is 2. The average Bonchev–Trinajstić information content (AvgIpc) is 3.11. The second kappa shape index (κ2) is 7.62. The highest BCUT2D eigenvalue weighted by atomic mass is 35.5. The van der Waals surface area contributed by atoms with Crippen LogP contribution < -0.4 is 15.6 Å². The molecule has 0 radical (unpaired) electrons. The molecule has 1 amide bonds. The van der Waals surface area contributed by atoms with Gasteiger partial charge in [-0.3, -0.25) is 35.9 Å². The van der Waals surface area contributed by atoms with Gasteiger partial charge >= 0.3 is 0 Å². The molecule has 144 valence electrons. The number of ether oxygens (including phenoxy) is 1. The number of benzene rings is 2. The van der Waals surface area contributed by atoms with E-state index in [1.165, 1.54) is 7.11 Å². The Kier molecular flexibility index (Phi) is 5.24. The minimum absolute atomic E-state index is 0.259. The molecule has 11 nitrogen and oxygen atoms in total. The van der Waals surface area contributed by atoms with Crippen molar-refractivity contribution >= 4 is 55.6 Å². The molecule has 13 heteroatoms. The molecule has 0 atom stereocenters. The van der Waals surface area contributed by atoms with Crippen LogP contribution in [0.15, 0.2) is 30.3 Å². The fourth-order valence-corrected chi connectivity index (χ4v) is 3.40. The summed E-state index contributed by atoms with van der Waals surface area (Å²) in [5.74, 6) is -0.326. The van der Waals surface area contributed by atoms with Crippen molar-refractivity contribution in [2.24, 2.45) is 0 Å². The minimum atomic E-state index is -0.820. The van der Waals surface area contributed by atoms with Gasteiger partial charge in [0.05, 0.1) is 38.3 Å². The third kappa shape index (κ3) is 3.77. The molecule has 0 aliphatic carbocycles. The van der Waals surface area contributed by atoms with Crippen LogP contribution in [0.3, 0.4) is 0 Å². The summed E-state index contributed by atoms with van der Waals surface area (Å²) < 4.78 is 5.83. The van der Waals surface area contributed by atoms with Crippen molar-refractivity contribution in [2.75, 3.05) is 12.5 Å². The summed E-state index contributed by atoms with van der Waals surface area (Å²) in [6.07, 6.45) is 0. The summed E-state index contributed by atoms with van der Waals surface area (Å²) in [6.45, 7) is 0. The number of nitro groups is 2. The third-order valence-corrected chi connectivity index (χ3v) is 4.98. The quantitative estimate of drug-likeness (QED) is 0.451. The fourth-order valence-electron chi connectivity index (χ4n) is 2.29. The smallest absolute Gasteiger partial charge is 0.277 e. The van der Waals surface area contributed by atoms with E-state index in [1.54, 1.807) is 12.1 Å². The maximum Gasteiger partial charge on any atom is 0.277 e. The van der Waals surface area contributed by atoms with Crippen molar-refractivity contribution < 1.29 is 19.4 Å². The SMILES string of the molecule is COc1ccc(Cl)c2sc(NNC(=O)c3cc([N+](=O)[O-])cc([N+](=O)[O-])c3)nc12. The third-order valence-electron chi connectivity index (χ3n) is 3.55. The first kappa shape index (κ1) is 19.3. The molecule has 2 N–H and O–H groups in total. The maximum atomic E-state index is 12.3. The Morgan fingerprint density at radius 3 is 2.39 bits per heavy atom. The first-order valence-electron chi connectivity index (χ1n) is 7.43. The van der Waals surface area contributed by atoms with Gasteiger partial charge in [-0.15, -0.1) is 0 Å². The monoisotopic (exact) mass is 423 g/mol. The van der Waals surface area contributed by atoms with E-state index in [1.807, 2.05) is 0 Å². The van der Waals surface area contributed by atoms with E-state index in [2.05, 4.69) is 15.8 Å². The number of carbonyl (C=O) groups is 1. The number of rotatable bonds is 6. The van der Waals surface area contributed by atoms with Crippen molar-refractivity contribution in [3.05, 3.63) is 61.1 Å². The average molecular weight is 424 g/mol. The van der Waals surface area contributed by atoms with Crippen molar-refractivity contribution in [1.29, 1.82) is 0 Å². The Balaban J connectivity index is 1.84. The molecule has 1 heterocycles. The van der Waals surface area contributed by atoms with Gasteiger partial charge in [-0.25, -0.2) is 4.98 Å². The lowest BCUT2D eigenvalue weighted by Gasteiger charge is -2.05. The van der Waals surface area contributed by atoms with Crippen LogP contribution in [0.25, 0.3) is 10.2 Å². The molecule has 28 heavy (non-hydrogen) atoms. The number of amides is 1. The van der Waals surface area contributed by atoms with Gasteiger partial charge in [0.15, 0.2) is 0 Å². The molecule has 0 unspecified atom stereocenters. The predicted octanol–water partition coefficient (Wildman–Crippen LogP) is 3.53. The molecule has 0 fully saturated rings. The Hall–Kier alpha value is -3.51. The van der Waals surface area contributed by atoms with Gasteiger partial charge in [-0.1, -0.05) is 22.9 Å². The molecule has 0 spiro atoms. The molecular weight excluding hydrogens is 414 g/mol. The second-order valence-electron chi connectivity index (χ2n) is 5.28. The topological polar surface area (TPSA) is 150 Å². The number of nitro benzene ring substituents is 2. The summed E-state index contributed by atoms with van der Waals surface area (Å²) in [5, 5.41) is 22.6. The molecule has 3 aromatic rings. The predicted molar refractivity (Wildman–Crippen MR) is 102 cm³/mol. The number of aromatic nitrogens is 1. The van der Waals surface area contributed by atoms with Crippen molar-refractivity contribution in [3.63, 3.8) is 0 Å². The summed E-state index contributed by atoms with van der Waals surface area (Å²) in [4.78, 5) is 36.8. The normalized spacial score (nSPS) is 10.5. The van der Waals surface area contributed by atoms with Gasteiger partial charge in [0.25, 0.3) is 17.3 Å². The number of hydrogen-bond acceptors (Lipinski definition) is 9. The van der Waals surface area contributed by atoms with Gasteiger partial charge in [0.1, 0.15) is 11.3 Å². The van der Waals surface area contributed by atoms with Crippen LogP contribution in [-0.2, 0) is 0 Å². The number of non-ortho nitro benzene ring substituents is 2. The minimum Gasteiger partial charge on any atom is -0.494 e. The standard InChI is InChI=1S/C15H10ClN5O6S/c1-27-11-3-2-10(16)13-12(11)17-15(28-13)19-18-14(22)7-4-8(20(23)24)6-9(5-7)21(25)26/h2-6H,1H3,(H,17,19)(H,18,22).